The Labute approximate surface area is 272 Å². The first-order chi connectivity index (χ1) is 22.0. The highest BCUT2D eigenvalue weighted by molar-refractivity contribution is 6.11. The van der Waals surface area contributed by atoms with Gasteiger partial charge in [-0.15, -0.1) is 4.58 Å². The largest absolute Gasteiger partial charge is 0.374 e. The van der Waals surface area contributed by atoms with Crippen LogP contribution in [0.1, 0.15) is 97.5 Å². The molecule has 0 unspecified atom stereocenters. The molecule has 4 aliphatic rings. The maximum Gasteiger partial charge on any atom is 0.374 e. The zero-order valence-corrected chi connectivity index (χ0v) is 28.4. The Bertz CT molecular complexity index is 1620. The third-order valence-electron chi connectivity index (χ3n) is 12.2. The topological polar surface area (TPSA) is 6.25 Å². The number of hydrogen-bond acceptors (Lipinski definition) is 1. The molecule has 3 heteroatoms. The van der Waals surface area contributed by atoms with Gasteiger partial charge in [-0.25, -0.2) is 0 Å². The van der Waals surface area contributed by atoms with E-state index < -0.39 is 0 Å². The van der Waals surface area contributed by atoms with Gasteiger partial charge in [0.25, 0.3) is 5.69 Å². The molecule has 236 valence electrons. The Morgan fingerprint density at radius 3 is 2.22 bits per heavy atom. The Morgan fingerprint density at radius 2 is 1.49 bits per heavy atom. The van der Waals surface area contributed by atoms with Crippen molar-refractivity contribution in [3.8, 4) is 0 Å². The molecule has 3 aromatic carbocycles. The molecule has 0 spiro atoms. The number of para-hydroxylation sites is 1. The average molecular weight is 602 g/mol. The van der Waals surface area contributed by atoms with Crippen LogP contribution < -0.4 is 9.38 Å². The van der Waals surface area contributed by atoms with Crippen molar-refractivity contribution < 1.29 is 4.58 Å². The zero-order chi connectivity index (χ0) is 31.0. The third kappa shape index (κ3) is 5.29. The minimum atomic E-state index is -0.0142. The monoisotopic (exact) mass is 601 g/mol. The summed E-state index contributed by atoms with van der Waals surface area (Å²) in [6, 6.07) is 23.0. The normalized spacial score (nSPS) is 22.0. The molecule has 0 radical (unpaired) electrons. The van der Waals surface area contributed by atoms with E-state index in [0.29, 0.717) is 0 Å². The first-order valence-electron chi connectivity index (χ1n) is 18.3. The van der Waals surface area contributed by atoms with Crippen LogP contribution in [0, 0.1) is 11.8 Å². The summed E-state index contributed by atoms with van der Waals surface area (Å²) in [6.07, 6.45) is 21.3. The van der Waals surface area contributed by atoms with E-state index >= 15 is 0 Å². The summed E-state index contributed by atoms with van der Waals surface area (Å²) in [5, 5.41) is 2.77. The molecule has 0 amide bonds. The number of anilines is 1. The smallest absolute Gasteiger partial charge is 0.344 e. The quantitative estimate of drug-likeness (QED) is 0.165. The van der Waals surface area contributed by atoms with E-state index in [1.54, 1.807) is 0 Å². The van der Waals surface area contributed by atoms with Crippen LogP contribution in [0.15, 0.2) is 84.6 Å². The Balaban J connectivity index is 1.30. The van der Waals surface area contributed by atoms with E-state index in [-0.39, 0.29) is 5.41 Å². The summed E-state index contributed by atoms with van der Waals surface area (Å²) < 4.78 is 3.63. The fraction of sp³-hybridized carbons (Fsp3) is 0.500. The van der Waals surface area contributed by atoms with Crippen LogP contribution in [0.25, 0.3) is 10.8 Å². The molecule has 2 aliphatic heterocycles. The Hall–Kier alpha value is -3.17. The van der Waals surface area contributed by atoms with E-state index in [1.165, 1.54) is 109 Å². The first kappa shape index (κ1) is 30.5. The minimum absolute atomic E-state index is 0.0142. The number of hydrogen-bond donors (Lipinski definition) is 0. The number of fused-ring (bicyclic) bond motifs is 4. The lowest BCUT2D eigenvalue weighted by Crippen LogP contribution is -2.53. The lowest BCUT2D eigenvalue weighted by molar-refractivity contribution is -0.440. The van der Waals surface area contributed by atoms with Gasteiger partial charge < -0.3 is 4.90 Å². The SMILES string of the molecule is CC[N+]1(CC)C(C=CC=C2N(CCC3CCCC3)c3ccccc3C2(C)C)=[N+](CCC2CCCC2)c2ccc3ccccc3c21. The summed E-state index contributed by atoms with van der Waals surface area (Å²) in [5.41, 5.74) is 7.24. The highest BCUT2D eigenvalue weighted by Crippen LogP contribution is 2.49. The van der Waals surface area contributed by atoms with E-state index in [2.05, 4.69) is 116 Å². The predicted octanol–water partition coefficient (Wildman–Crippen LogP) is 10.6. The van der Waals surface area contributed by atoms with Crippen molar-refractivity contribution in [2.75, 3.05) is 31.1 Å². The van der Waals surface area contributed by atoms with Crippen molar-refractivity contribution in [2.24, 2.45) is 11.8 Å². The molecule has 2 fully saturated rings. The maximum absolute atomic E-state index is 2.72. The second-order valence-corrected chi connectivity index (χ2v) is 14.8. The molecule has 0 N–H and O–H groups in total. The Morgan fingerprint density at radius 1 is 0.822 bits per heavy atom. The van der Waals surface area contributed by atoms with Crippen molar-refractivity contribution >= 4 is 33.7 Å². The van der Waals surface area contributed by atoms with Crippen LogP contribution in [-0.2, 0) is 5.41 Å². The standard InChI is InChI=1S/C42H55N3/c1-5-45(6-2)40(44(31-29-33-18-9-10-19-33)38-27-26-34-20-11-12-21-35(34)41(38)45)25-15-24-39-42(3,4)36-22-13-14-23-37(36)43(39)30-28-32-16-7-8-17-32/h11-15,20-27,32-33H,5-10,16-19,28-31H2,1-4H3/q+2. The number of amidine groups is 1. The van der Waals surface area contributed by atoms with E-state index in [4.69, 9.17) is 0 Å². The second kappa shape index (κ2) is 12.6. The maximum atomic E-state index is 2.72. The number of benzene rings is 3. The third-order valence-corrected chi connectivity index (χ3v) is 12.2. The second-order valence-electron chi connectivity index (χ2n) is 14.8. The fourth-order valence-electron chi connectivity index (χ4n) is 9.54. The van der Waals surface area contributed by atoms with Crippen LogP contribution >= 0.6 is 0 Å². The number of nitrogens with zero attached hydrogens (tertiary/aromatic N) is 3. The van der Waals surface area contributed by atoms with Crippen molar-refractivity contribution in [2.45, 2.75) is 97.3 Å². The first-order valence-corrected chi connectivity index (χ1v) is 18.3. The summed E-state index contributed by atoms with van der Waals surface area (Å²) >= 11 is 0. The summed E-state index contributed by atoms with van der Waals surface area (Å²) in [4.78, 5) is 2.67. The molecule has 7 rings (SSSR count). The van der Waals surface area contributed by atoms with E-state index in [0.717, 1.165) is 42.5 Å². The van der Waals surface area contributed by atoms with Crippen molar-refractivity contribution in [1.29, 1.82) is 0 Å². The van der Waals surface area contributed by atoms with Gasteiger partial charge in [0.15, 0.2) is 6.54 Å². The van der Waals surface area contributed by atoms with Gasteiger partial charge in [0, 0.05) is 35.8 Å². The van der Waals surface area contributed by atoms with Gasteiger partial charge in [0.2, 0.25) is 5.69 Å². The highest BCUT2D eigenvalue weighted by atomic mass is 15.5. The molecule has 0 atom stereocenters. The summed E-state index contributed by atoms with van der Waals surface area (Å²) in [5.74, 6) is 3.21. The highest BCUT2D eigenvalue weighted by Gasteiger charge is 2.51. The van der Waals surface area contributed by atoms with Gasteiger partial charge in [-0.3, -0.25) is 0 Å². The van der Waals surface area contributed by atoms with Crippen LogP contribution in [0.3, 0.4) is 0 Å². The molecule has 0 bridgehead atoms. The molecular weight excluding hydrogens is 546 g/mol. The molecule has 2 saturated carbocycles. The van der Waals surface area contributed by atoms with Gasteiger partial charge in [0.05, 0.1) is 24.6 Å². The van der Waals surface area contributed by atoms with E-state index in [1.807, 2.05) is 0 Å². The number of rotatable bonds is 10. The molecular formula is C42H55N3+2. The lowest BCUT2D eigenvalue weighted by atomic mass is 9.83. The zero-order valence-electron chi connectivity index (χ0n) is 28.4. The molecule has 2 aliphatic carbocycles. The van der Waals surface area contributed by atoms with Gasteiger partial charge in [-0.05, 0) is 73.4 Å². The number of likely N-dealkylation sites (N-methyl/N-ethyl adjacent to an activating group) is 1. The van der Waals surface area contributed by atoms with Crippen molar-refractivity contribution in [3.63, 3.8) is 0 Å². The van der Waals surface area contributed by atoms with Crippen LogP contribution in [0.5, 0.6) is 0 Å². The van der Waals surface area contributed by atoms with Gasteiger partial charge in [-0.1, -0.05) is 102 Å². The van der Waals surface area contributed by atoms with Gasteiger partial charge in [0.1, 0.15) is 0 Å². The summed E-state index contributed by atoms with van der Waals surface area (Å²) in [6.45, 7) is 14.0. The van der Waals surface area contributed by atoms with Gasteiger partial charge in [-0.2, -0.15) is 4.48 Å². The van der Waals surface area contributed by atoms with E-state index in [9.17, 15) is 0 Å². The fourth-order valence-corrected chi connectivity index (χ4v) is 9.54. The Kier molecular flexibility index (Phi) is 8.50. The molecule has 45 heavy (non-hydrogen) atoms. The van der Waals surface area contributed by atoms with Crippen molar-refractivity contribution in [1.82, 2.24) is 4.48 Å². The molecule has 3 nitrogen and oxygen atoms in total. The van der Waals surface area contributed by atoms with Crippen molar-refractivity contribution in [3.05, 3.63) is 90.2 Å². The predicted molar refractivity (Wildman–Crippen MR) is 194 cm³/mol. The van der Waals surface area contributed by atoms with Crippen LogP contribution in [0.4, 0.5) is 17.1 Å². The number of quaternary nitrogens is 1. The van der Waals surface area contributed by atoms with Crippen LogP contribution in [0.2, 0.25) is 0 Å². The molecule has 3 aromatic rings. The molecule has 0 aromatic heterocycles. The molecule has 0 saturated heterocycles. The minimum Gasteiger partial charge on any atom is -0.344 e. The number of allylic oxidation sites excluding steroid dienone is 3. The van der Waals surface area contributed by atoms with Crippen LogP contribution in [-0.4, -0.2) is 36.6 Å². The summed E-state index contributed by atoms with van der Waals surface area (Å²) in [7, 11) is 0. The average Bonchev–Trinajstić information content (AvgIpc) is 3.86. The molecule has 2 heterocycles. The lowest BCUT2D eigenvalue weighted by Gasteiger charge is -2.29. The van der Waals surface area contributed by atoms with Gasteiger partial charge >= 0.3 is 5.84 Å².